The molecule has 0 bridgehead atoms. The zero-order valence-electron chi connectivity index (χ0n) is 18.7. The zero-order chi connectivity index (χ0) is 23.9. The first-order valence-corrected chi connectivity index (χ1v) is 11.3. The molecule has 178 valence electrons. The Kier molecular flexibility index (Phi) is 7.71. The molecule has 3 aromatic rings. The molecular weight excluding hydrogens is 458 g/mol. The van der Waals surface area contributed by atoms with Crippen LogP contribution in [-0.4, -0.2) is 57.4 Å². The molecule has 1 saturated heterocycles. The molecular formula is C23H26ClN7O3. The van der Waals surface area contributed by atoms with Gasteiger partial charge in [0.05, 0.1) is 18.3 Å². The molecule has 34 heavy (non-hydrogen) atoms. The van der Waals surface area contributed by atoms with Crippen molar-refractivity contribution >= 4 is 29.1 Å². The summed E-state index contributed by atoms with van der Waals surface area (Å²) >= 11 is 6.24. The number of benzene rings is 1. The molecule has 3 heterocycles. The summed E-state index contributed by atoms with van der Waals surface area (Å²) in [5.41, 5.74) is 0.978. The van der Waals surface area contributed by atoms with E-state index in [1.165, 1.54) is 0 Å². The number of methoxy groups -OCH3 is 1. The SMILES string of the molecule is COc1ccc(CNc2nc(N3CCCC3Cc3ncccn3)cnc2C(=O)NCO)cc1Cl. The monoisotopic (exact) mass is 483 g/mol. The molecule has 2 aromatic heterocycles. The molecule has 3 N–H and O–H groups in total. The zero-order valence-corrected chi connectivity index (χ0v) is 19.5. The summed E-state index contributed by atoms with van der Waals surface area (Å²) in [7, 11) is 1.56. The van der Waals surface area contributed by atoms with Crippen LogP contribution in [0.5, 0.6) is 5.75 Å². The maximum atomic E-state index is 12.5. The fourth-order valence-electron chi connectivity index (χ4n) is 3.96. The lowest BCUT2D eigenvalue weighted by Gasteiger charge is -2.26. The van der Waals surface area contributed by atoms with Gasteiger partial charge in [0.15, 0.2) is 11.5 Å². The van der Waals surface area contributed by atoms with E-state index in [0.717, 1.165) is 30.8 Å². The van der Waals surface area contributed by atoms with Gasteiger partial charge in [0.2, 0.25) is 0 Å². The quantitative estimate of drug-likeness (QED) is 0.393. The Bertz CT molecular complexity index is 1130. The highest BCUT2D eigenvalue weighted by Gasteiger charge is 2.28. The number of anilines is 2. The predicted molar refractivity (Wildman–Crippen MR) is 128 cm³/mol. The second-order valence-corrected chi connectivity index (χ2v) is 8.18. The number of aliphatic hydroxyl groups excluding tert-OH is 1. The van der Waals surface area contributed by atoms with Crippen molar-refractivity contribution in [3.8, 4) is 5.75 Å². The van der Waals surface area contributed by atoms with Gasteiger partial charge in [-0.05, 0) is 36.6 Å². The largest absolute Gasteiger partial charge is 0.495 e. The highest BCUT2D eigenvalue weighted by atomic mass is 35.5. The minimum Gasteiger partial charge on any atom is -0.495 e. The molecule has 0 aliphatic carbocycles. The molecule has 0 spiro atoms. The number of nitrogens with zero attached hydrogens (tertiary/aromatic N) is 5. The number of aromatic nitrogens is 4. The van der Waals surface area contributed by atoms with Crippen LogP contribution < -0.4 is 20.3 Å². The molecule has 1 amide bonds. The van der Waals surface area contributed by atoms with E-state index in [0.29, 0.717) is 35.4 Å². The summed E-state index contributed by atoms with van der Waals surface area (Å²) in [6, 6.07) is 7.42. The summed E-state index contributed by atoms with van der Waals surface area (Å²) in [5, 5.41) is 15.2. The third-order valence-corrected chi connectivity index (χ3v) is 5.89. The van der Waals surface area contributed by atoms with Gasteiger partial charge in [-0.25, -0.2) is 19.9 Å². The maximum Gasteiger partial charge on any atom is 0.275 e. The number of halogens is 1. The van der Waals surface area contributed by atoms with E-state index in [9.17, 15) is 4.79 Å². The van der Waals surface area contributed by atoms with E-state index in [4.69, 9.17) is 26.4 Å². The fraction of sp³-hybridized carbons (Fsp3) is 0.348. The minimum absolute atomic E-state index is 0.0968. The van der Waals surface area contributed by atoms with Crippen molar-refractivity contribution in [2.45, 2.75) is 31.8 Å². The van der Waals surface area contributed by atoms with Crippen molar-refractivity contribution in [3.05, 3.63) is 65.0 Å². The Morgan fingerprint density at radius 1 is 1.29 bits per heavy atom. The van der Waals surface area contributed by atoms with E-state index >= 15 is 0 Å². The van der Waals surface area contributed by atoms with Gasteiger partial charge >= 0.3 is 0 Å². The topological polar surface area (TPSA) is 125 Å². The lowest BCUT2D eigenvalue weighted by atomic mass is 10.1. The van der Waals surface area contributed by atoms with Gasteiger partial charge in [-0.15, -0.1) is 0 Å². The third kappa shape index (κ3) is 5.52. The van der Waals surface area contributed by atoms with E-state index in [2.05, 4.69) is 30.5 Å². The number of rotatable bonds is 9. The molecule has 1 aliphatic heterocycles. The van der Waals surface area contributed by atoms with Crippen molar-refractivity contribution < 1.29 is 14.6 Å². The van der Waals surface area contributed by atoms with Gasteiger partial charge in [0, 0.05) is 37.9 Å². The predicted octanol–water partition coefficient (Wildman–Crippen LogP) is 2.43. The summed E-state index contributed by atoms with van der Waals surface area (Å²) < 4.78 is 5.20. The number of ether oxygens (including phenoxy) is 1. The van der Waals surface area contributed by atoms with E-state index in [1.807, 2.05) is 6.07 Å². The Balaban J connectivity index is 1.57. The van der Waals surface area contributed by atoms with Crippen LogP contribution in [0, 0.1) is 0 Å². The highest BCUT2D eigenvalue weighted by Crippen LogP contribution is 2.28. The van der Waals surface area contributed by atoms with Gasteiger partial charge in [0.1, 0.15) is 24.1 Å². The van der Waals surface area contributed by atoms with Gasteiger partial charge in [-0.2, -0.15) is 0 Å². The van der Waals surface area contributed by atoms with Crippen molar-refractivity contribution in [2.24, 2.45) is 0 Å². The molecule has 1 unspecified atom stereocenters. The van der Waals surface area contributed by atoms with Crippen LogP contribution in [0.15, 0.2) is 42.9 Å². The second kappa shape index (κ2) is 11.1. The molecule has 1 atom stereocenters. The molecule has 0 radical (unpaired) electrons. The van der Waals surface area contributed by atoms with Crippen molar-refractivity contribution in [2.75, 3.05) is 30.6 Å². The Labute approximate surface area is 202 Å². The van der Waals surface area contributed by atoms with Gasteiger partial charge in [-0.3, -0.25) is 4.79 Å². The van der Waals surface area contributed by atoms with Gasteiger partial charge in [-0.1, -0.05) is 17.7 Å². The lowest BCUT2D eigenvalue weighted by molar-refractivity contribution is 0.0905. The first-order chi connectivity index (χ1) is 16.6. The smallest absolute Gasteiger partial charge is 0.275 e. The van der Waals surface area contributed by atoms with Crippen molar-refractivity contribution in [3.63, 3.8) is 0 Å². The molecule has 11 heteroatoms. The number of hydrogen-bond donors (Lipinski definition) is 3. The Hall–Kier alpha value is -3.50. The van der Waals surface area contributed by atoms with E-state index in [-0.39, 0.29) is 11.7 Å². The van der Waals surface area contributed by atoms with Gasteiger partial charge in [0.25, 0.3) is 5.91 Å². The van der Waals surface area contributed by atoms with Gasteiger partial charge < -0.3 is 25.4 Å². The first-order valence-electron chi connectivity index (χ1n) is 10.9. The van der Waals surface area contributed by atoms with E-state index < -0.39 is 12.6 Å². The number of hydrogen-bond acceptors (Lipinski definition) is 9. The maximum absolute atomic E-state index is 12.5. The third-order valence-electron chi connectivity index (χ3n) is 5.60. The molecule has 1 aliphatic rings. The van der Waals surface area contributed by atoms with Crippen LogP contribution in [0.2, 0.25) is 5.02 Å². The number of aliphatic hydroxyl groups is 1. The molecule has 1 fully saturated rings. The van der Waals surface area contributed by atoms with Crippen molar-refractivity contribution in [1.29, 1.82) is 0 Å². The van der Waals surface area contributed by atoms with Crippen LogP contribution >= 0.6 is 11.6 Å². The normalized spacial score (nSPS) is 15.3. The molecule has 0 saturated carbocycles. The van der Waals surface area contributed by atoms with Crippen LogP contribution in [0.3, 0.4) is 0 Å². The number of amides is 1. The highest BCUT2D eigenvalue weighted by molar-refractivity contribution is 6.32. The summed E-state index contributed by atoms with van der Waals surface area (Å²) in [4.78, 5) is 32.4. The van der Waals surface area contributed by atoms with Crippen LogP contribution in [0.25, 0.3) is 0 Å². The molecule has 4 rings (SSSR count). The standard InChI is InChI=1S/C23H26ClN7O3/c1-34-18-6-5-15(10-17(18)24)12-28-22-21(23(33)29-14-32)27-13-20(30-22)31-9-2-4-16(31)11-19-25-7-3-8-26-19/h3,5-8,10,13,16,32H,2,4,9,11-12,14H2,1H3,(H,28,30)(H,29,33). The van der Waals surface area contributed by atoms with Crippen LogP contribution in [0.1, 0.15) is 34.7 Å². The molecule has 1 aromatic carbocycles. The van der Waals surface area contributed by atoms with Crippen LogP contribution in [0.4, 0.5) is 11.6 Å². The summed E-state index contributed by atoms with van der Waals surface area (Å²) in [6.45, 7) is 0.686. The number of nitrogens with one attached hydrogen (secondary N) is 2. The number of carbonyl (C=O) groups excluding carboxylic acids is 1. The second-order valence-electron chi connectivity index (χ2n) is 7.77. The Morgan fingerprint density at radius 2 is 2.12 bits per heavy atom. The van der Waals surface area contributed by atoms with Crippen molar-refractivity contribution in [1.82, 2.24) is 25.3 Å². The van der Waals surface area contributed by atoms with Crippen LogP contribution in [-0.2, 0) is 13.0 Å². The molecule has 10 nitrogen and oxygen atoms in total. The first kappa shape index (κ1) is 23.7. The number of carbonyl (C=O) groups is 1. The fourth-order valence-corrected chi connectivity index (χ4v) is 4.24. The lowest BCUT2D eigenvalue weighted by Crippen LogP contribution is -2.33. The average Bonchev–Trinajstić information content (AvgIpc) is 3.31. The average molecular weight is 484 g/mol. The summed E-state index contributed by atoms with van der Waals surface area (Å²) in [5.74, 6) is 1.82. The van der Waals surface area contributed by atoms with E-state index in [1.54, 1.807) is 43.9 Å². The Morgan fingerprint density at radius 3 is 2.85 bits per heavy atom. The summed E-state index contributed by atoms with van der Waals surface area (Å²) in [6.07, 6.45) is 7.76. The minimum atomic E-state index is -0.521.